The molecule has 1 fully saturated rings. The molecule has 0 aliphatic carbocycles. The lowest BCUT2D eigenvalue weighted by molar-refractivity contribution is -0.157. The Labute approximate surface area is 311 Å². The van der Waals surface area contributed by atoms with E-state index in [0.717, 1.165) is 20.7 Å². The summed E-state index contributed by atoms with van der Waals surface area (Å²) < 4.78 is 21.6. The van der Waals surface area contributed by atoms with Crippen molar-refractivity contribution in [1.29, 1.82) is 0 Å². The van der Waals surface area contributed by atoms with E-state index in [1.54, 1.807) is 0 Å². The molecular formula is C45H52O5Si2. The maximum absolute atomic E-state index is 14.1. The minimum atomic E-state index is -3.04. The summed E-state index contributed by atoms with van der Waals surface area (Å²) in [6.07, 6.45) is -0.783. The predicted molar refractivity (Wildman–Crippen MR) is 215 cm³/mol. The third-order valence-corrected chi connectivity index (χ3v) is 20.6. The molecule has 5 aromatic rings. The second-order valence-corrected chi connectivity index (χ2v) is 24.8. The molecule has 0 amide bonds. The van der Waals surface area contributed by atoms with Crippen LogP contribution < -0.4 is 20.7 Å². The minimum absolute atomic E-state index is 0.113. The van der Waals surface area contributed by atoms with Crippen molar-refractivity contribution in [2.45, 2.75) is 69.7 Å². The van der Waals surface area contributed by atoms with Crippen molar-refractivity contribution < 1.29 is 23.5 Å². The van der Waals surface area contributed by atoms with Gasteiger partial charge in [0.05, 0.1) is 25.2 Å². The lowest BCUT2D eigenvalue weighted by Gasteiger charge is -2.47. The van der Waals surface area contributed by atoms with Crippen LogP contribution in [0.5, 0.6) is 0 Å². The van der Waals surface area contributed by atoms with Gasteiger partial charge in [-0.2, -0.15) is 0 Å². The van der Waals surface area contributed by atoms with Crippen LogP contribution in [0.3, 0.4) is 0 Å². The maximum atomic E-state index is 14.1. The number of aliphatic hydroxyl groups excluding tert-OH is 1. The molecule has 1 N–H and O–H groups in total. The summed E-state index contributed by atoms with van der Waals surface area (Å²) in [7, 11) is -6.07. The van der Waals surface area contributed by atoms with E-state index in [-0.39, 0.29) is 29.7 Å². The lowest BCUT2D eigenvalue weighted by atomic mass is 9.88. The Hall–Kier alpha value is -4.12. The first-order chi connectivity index (χ1) is 24.8. The summed E-state index contributed by atoms with van der Waals surface area (Å²) >= 11 is 0. The molecule has 5 aromatic carbocycles. The molecule has 1 saturated heterocycles. The number of hydrogen-bond donors (Lipinski definition) is 1. The van der Waals surface area contributed by atoms with Crippen LogP contribution >= 0.6 is 0 Å². The molecule has 2 atom stereocenters. The van der Waals surface area contributed by atoms with Crippen LogP contribution in [0, 0.1) is 5.92 Å². The third kappa shape index (κ3) is 7.13. The fourth-order valence-electron chi connectivity index (χ4n) is 8.16. The predicted octanol–water partition coefficient (Wildman–Crippen LogP) is 7.18. The number of hydrogen-bond acceptors (Lipinski definition) is 5. The van der Waals surface area contributed by atoms with Gasteiger partial charge in [-0.3, -0.25) is 4.79 Å². The first-order valence-corrected chi connectivity index (χ1v) is 22.1. The number of carbonyl (C=O) groups is 1. The molecule has 0 bridgehead atoms. The Bertz CT molecular complexity index is 1710. The van der Waals surface area contributed by atoms with Gasteiger partial charge in [0.15, 0.2) is 5.60 Å². The van der Waals surface area contributed by atoms with Crippen molar-refractivity contribution in [3.63, 3.8) is 0 Å². The molecule has 1 aliphatic rings. The molecule has 0 radical (unpaired) electrons. The Morgan fingerprint density at radius 2 is 0.904 bits per heavy atom. The first kappa shape index (κ1) is 37.6. The normalized spacial score (nSPS) is 17.1. The van der Waals surface area contributed by atoms with Crippen LogP contribution in [0.25, 0.3) is 0 Å². The molecule has 1 heterocycles. The number of cyclic esters (lactones) is 1. The molecule has 2 unspecified atom stereocenters. The zero-order valence-corrected chi connectivity index (χ0v) is 33.3. The van der Waals surface area contributed by atoms with Crippen LogP contribution in [0.2, 0.25) is 10.1 Å². The van der Waals surface area contributed by atoms with Gasteiger partial charge < -0.3 is 18.7 Å². The van der Waals surface area contributed by atoms with Crippen LogP contribution in [0.1, 0.15) is 59.6 Å². The first-order valence-electron chi connectivity index (χ1n) is 18.3. The van der Waals surface area contributed by atoms with Crippen molar-refractivity contribution >= 4 is 43.4 Å². The molecule has 5 nitrogen and oxygen atoms in total. The molecule has 6 rings (SSSR count). The van der Waals surface area contributed by atoms with E-state index in [9.17, 15) is 9.90 Å². The average molecular weight is 729 g/mol. The number of ether oxygens (including phenoxy) is 1. The molecular weight excluding hydrogens is 677 g/mol. The lowest BCUT2D eigenvalue weighted by Crippen LogP contribution is -2.69. The number of benzene rings is 5. The largest absolute Gasteiger partial charge is 0.454 e. The van der Waals surface area contributed by atoms with E-state index in [1.807, 2.05) is 54.6 Å². The van der Waals surface area contributed by atoms with Crippen molar-refractivity contribution in [3.8, 4) is 0 Å². The molecule has 270 valence electrons. The highest BCUT2D eigenvalue weighted by atomic mass is 28.4. The van der Waals surface area contributed by atoms with E-state index >= 15 is 0 Å². The highest BCUT2D eigenvalue weighted by Crippen LogP contribution is 2.44. The van der Waals surface area contributed by atoms with Crippen molar-refractivity contribution in [3.05, 3.63) is 157 Å². The molecule has 0 aromatic heterocycles. The second kappa shape index (κ2) is 15.1. The zero-order valence-electron chi connectivity index (χ0n) is 31.3. The van der Waals surface area contributed by atoms with Crippen molar-refractivity contribution in [2.24, 2.45) is 5.92 Å². The SMILES string of the molecule is CC(C)(C)[Si](OCC1(CO[Si](c2ccccc2)(c2ccccc2)C(C)(C)C)CC(C(O)c2ccccc2)C(=O)O1)(c1ccccc1)c1ccccc1. The van der Waals surface area contributed by atoms with Gasteiger partial charge in [-0.25, -0.2) is 0 Å². The summed E-state index contributed by atoms with van der Waals surface area (Å²) in [5.74, 6) is -1.22. The van der Waals surface area contributed by atoms with Crippen LogP contribution in [-0.4, -0.2) is 46.5 Å². The van der Waals surface area contributed by atoms with Crippen LogP contribution in [0.4, 0.5) is 0 Å². The van der Waals surface area contributed by atoms with Gasteiger partial charge in [-0.05, 0) is 36.4 Å². The van der Waals surface area contributed by atoms with E-state index in [0.29, 0.717) is 5.56 Å². The average Bonchev–Trinajstić information content (AvgIpc) is 3.48. The number of esters is 1. The number of aliphatic hydroxyl groups is 1. The van der Waals surface area contributed by atoms with Gasteiger partial charge in [0, 0.05) is 6.42 Å². The van der Waals surface area contributed by atoms with E-state index < -0.39 is 40.2 Å². The number of carbonyl (C=O) groups excluding carboxylic acids is 1. The summed E-state index contributed by atoms with van der Waals surface area (Å²) in [5, 5.41) is 15.7. The van der Waals surface area contributed by atoms with Crippen molar-refractivity contribution in [1.82, 2.24) is 0 Å². The summed E-state index contributed by atoms with van der Waals surface area (Å²) in [5.41, 5.74) is -0.487. The van der Waals surface area contributed by atoms with Gasteiger partial charge in [0.2, 0.25) is 0 Å². The zero-order chi connectivity index (χ0) is 37.0. The highest BCUT2D eigenvalue weighted by Gasteiger charge is 2.58. The van der Waals surface area contributed by atoms with E-state index in [4.69, 9.17) is 13.6 Å². The molecule has 52 heavy (non-hydrogen) atoms. The second-order valence-electron chi connectivity index (χ2n) is 16.2. The number of rotatable bonds is 12. The fraction of sp³-hybridized carbons (Fsp3) is 0.311. The Morgan fingerprint density at radius 3 is 1.21 bits per heavy atom. The minimum Gasteiger partial charge on any atom is -0.454 e. The van der Waals surface area contributed by atoms with Gasteiger partial charge >= 0.3 is 5.97 Å². The topological polar surface area (TPSA) is 65.0 Å². The Balaban J connectivity index is 1.48. The maximum Gasteiger partial charge on any atom is 0.312 e. The van der Waals surface area contributed by atoms with Crippen LogP contribution in [-0.2, 0) is 18.4 Å². The Morgan fingerprint density at radius 1 is 0.596 bits per heavy atom. The van der Waals surface area contributed by atoms with Gasteiger partial charge in [-0.15, -0.1) is 0 Å². The quantitative estimate of drug-likeness (QED) is 0.109. The molecule has 0 spiro atoms. The van der Waals surface area contributed by atoms with Gasteiger partial charge in [-0.1, -0.05) is 193 Å². The smallest absolute Gasteiger partial charge is 0.312 e. The Kier molecular flexibility index (Phi) is 10.9. The van der Waals surface area contributed by atoms with Gasteiger partial charge in [0.25, 0.3) is 16.6 Å². The van der Waals surface area contributed by atoms with E-state index in [2.05, 4.69) is 139 Å². The van der Waals surface area contributed by atoms with E-state index in [1.165, 1.54) is 0 Å². The van der Waals surface area contributed by atoms with Gasteiger partial charge in [0.1, 0.15) is 0 Å². The summed E-state index contributed by atoms with van der Waals surface area (Å²) in [6.45, 7) is 13.7. The standard InChI is InChI=1S/C45H52O5Si2/c1-43(2,3)51(36-24-14-8-15-25-36,37-26-16-9-17-27-37)48-33-45(32-40(42(47)50-45)41(46)35-22-12-7-13-23-35)34-49-52(44(4,5)6,38-28-18-10-19-29-38)39-30-20-11-21-31-39/h7-31,40-41,46H,32-34H2,1-6H3. The highest BCUT2D eigenvalue weighted by molar-refractivity contribution is 7.00. The summed E-state index contributed by atoms with van der Waals surface area (Å²) in [4.78, 5) is 14.1. The molecule has 1 aliphatic heterocycles. The molecule has 0 saturated carbocycles. The summed E-state index contributed by atoms with van der Waals surface area (Å²) in [6, 6.07) is 51.4. The third-order valence-electron chi connectivity index (χ3n) is 10.7. The fourth-order valence-corrected chi connectivity index (χ4v) is 17.4. The molecule has 7 heteroatoms. The van der Waals surface area contributed by atoms with Crippen LogP contribution in [0.15, 0.2) is 152 Å². The van der Waals surface area contributed by atoms with Crippen molar-refractivity contribution in [2.75, 3.05) is 13.2 Å². The monoisotopic (exact) mass is 728 g/mol.